The fourth-order valence-corrected chi connectivity index (χ4v) is 3.69. The normalized spacial score (nSPS) is 11.7. The molecule has 1 amide bonds. The van der Waals surface area contributed by atoms with Crippen molar-refractivity contribution < 1.29 is 14.3 Å². The molecule has 0 unspecified atom stereocenters. The van der Waals surface area contributed by atoms with Gasteiger partial charge in [-0.05, 0) is 53.6 Å². The lowest BCUT2D eigenvalue weighted by molar-refractivity contribution is 0.0950. The zero-order chi connectivity index (χ0) is 24.0. The van der Waals surface area contributed by atoms with Crippen LogP contribution >= 0.6 is 11.6 Å². The monoisotopic (exact) mass is 488 g/mol. The first-order valence-corrected chi connectivity index (χ1v) is 11.2. The van der Waals surface area contributed by atoms with E-state index in [4.69, 9.17) is 21.1 Å². The molecule has 1 aliphatic rings. The Morgan fingerprint density at radius 2 is 1.86 bits per heavy atom. The van der Waals surface area contributed by atoms with Gasteiger partial charge in [0.05, 0.1) is 5.02 Å². The number of rotatable bonds is 8. The van der Waals surface area contributed by atoms with E-state index in [0.717, 1.165) is 11.1 Å². The van der Waals surface area contributed by atoms with Crippen LogP contribution in [0.25, 0.3) is 0 Å². The predicted octanol–water partition coefficient (Wildman–Crippen LogP) is 4.54. The summed E-state index contributed by atoms with van der Waals surface area (Å²) in [6, 6.07) is 16.3. The Kier molecular flexibility index (Phi) is 6.58. The molecule has 0 radical (unpaired) electrons. The van der Waals surface area contributed by atoms with Crippen LogP contribution in [-0.2, 0) is 13.1 Å². The molecular formula is C25H21ClN6O3. The molecule has 0 aliphatic carbocycles. The average molecular weight is 489 g/mol. The number of hydrogen-bond donors (Lipinski definition) is 3. The summed E-state index contributed by atoms with van der Waals surface area (Å²) in [6.07, 6.45) is 5.03. The first-order chi connectivity index (χ1) is 17.2. The van der Waals surface area contributed by atoms with Gasteiger partial charge in [0.2, 0.25) is 12.7 Å². The summed E-state index contributed by atoms with van der Waals surface area (Å²) >= 11 is 6.34. The molecule has 176 valence electrons. The molecule has 0 saturated carbocycles. The smallest absolute Gasteiger partial charge is 0.251 e. The number of ether oxygens (including phenoxy) is 2. The molecule has 5 rings (SSSR count). The van der Waals surface area contributed by atoms with Crippen LogP contribution in [-0.4, -0.2) is 27.7 Å². The van der Waals surface area contributed by atoms with E-state index in [0.29, 0.717) is 52.6 Å². The Morgan fingerprint density at radius 1 is 0.971 bits per heavy atom. The van der Waals surface area contributed by atoms with Gasteiger partial charge in [0.25, 0.3) is 5.91 Å². The third-order valence-electron chi connectivity index (χ3n) is 5.24. The highest BCUT2D eigenvalue weighted by Gasteiger charge is 2.21. The summed E-state index contributed by atoms with van der Waals surface area (Å²) < 4.78 is 10.9. The number of nitrogens with zero attached hydrogens (tertiary/aromatic N) is 3. The number of pyridine rings is 1. The van der Waals surface area contributed by atoms with Gasteiger partial charge in [-0.1, -0.05) is 23.7 Å². The van der Waals surface area contributed by atoms with Crippen molar-refractivity contribution in [2.45, 2.75) is 13.1 Å². The van der Waals surface area contributed by atoms with Crippen molar-refractivity contribution in [3.8, 4) is 11.5 Å². The van der Waals surface area contributed by atoms with E-state index in [1.165, 1.54) is 0 Å². The first kappa shape index (κ1) is 22.4. The number of benzene rings is 2. The standard InChI is InChI=1S/C25H21ClN6O3/c26-19-4-5-20-23(35-15-34-20)22(19)31-21-8-11-28-25(32-21)30-14-17-2-1-3-18(12-17)24(33)29-13-16-6-9-27-10-7-16/h1-12H,13-15H2,(H,29,33)(H2,28,30,31,32). The molecule has 3 N–H and O–H groups in total. The maximum atomic E-state index is 12.6. The first-order valence-electron chi connectivity index (χ1n) is 10.8. The van der Waals surface area contributed by atoms with Gasteiger partial charge in [0.15, 0.2) is 11.5 Å². The molecule has 0 bridgehead atoms. The summed E-state index contributed by atoms with van der Waals surface area (Å²) in [4.78, 5) is 25.3. The fourth-order valence-electron chi connectivity index (χ4n) is 3.50. The van der Waals surface area contributed by atoms with E-state index in [9.17, 15) is 4.79 Å². The largest absolute Gasteiger partial charge is 0.454 e. The Hall–Kier alpha value is -4.37. The summed E-state index contributed by atoms with van der Waals surface area (Å²) in [5.74, 6) is 1.98. The van der Waals surface area contributed by atoms with Crippen LogP contribution < -0.4 is 25.4 Å². The number of halogens is 1. The van der Waals surface area contributed by atoms with Gasteiger partial charge in [0, 0.05) is 37.2 Å². The van der Waals surface area contributed by atoms with Crippen molar-refractivity contribution in [2.75, 3.05) is 17.4 Å². The van der Waals surface area contributed by atoms with Gasteiger partial charge in [-0.2, -0.15) is 4.98 Å². The average Bonchev–Trinajstić information content (AvgIpc) is 3.38. The molecule has 0 atom stereocenters. The van der Waals surface area contributed by atoms with Crippen LogP contribution in [0.15, 0.2) is 73.2 Å². The van der Waals surface area contributed by atoms with Gasteiger partial charge in [-0.15, -0.1) is 0 Å². The van der Waals surface area contributed by atoms with Gasteiger partial charge >= 0.3 is 0 Å². The second kappa shape index (κ2) is 10.3. The van der Waals surface area contributed by atoms with E-state index in [-0.39, 0.29) is 12.7 Å². The van der Waals surface area contributed by atoms with Crippen LogP contribution in [0, 0.1) is 0 Å². The number of amides is 1. The second-order valence-electron chi connectivity index (χ2n) is 7.64. The van der Waals surface area contributed by atoms with Crippen LogP contribution in [0.4, 0.5) is 17.5 Å². The van der Waals surface area contributed by atoms with Crippen molar-refractivity contribution in [2.24, 2.45) is 0 Å². The fraction of sp³-hybridized carbons (Fsp3) is 0.120. The van der Waals surface area contributed by atoms with Crippen molar-refractivity contribution >= 4 is 35.0 Å². The summed E-state index contributed by atoms with van der Waals surface area (Å²) in [7, 11) is 0. The molecule has 35 heavy (non-hydrogen) atoms. The van der Waals surface area contributed by atoms with Gasteiger partial charge in [-0.25, -0.2) is 4.98 Å². The topological polar surface area (TPSA) is 110 Å². The van der Waals surface area contributed by atoms with Crippen molar-refractivity contribution in [1.29, 1.82) is 0 Å². The maximum absolute atomic E-state index is 12.6. The lowest BCUT2D eigenvalue weighted by Gasteiger charge is -2.12. The predicted molar refractivity (Wildman–Crippen MR) is 132 cm³/mol. The van der Waals surface area contributed by atoms with Crippen LogP contribution in [0.3, 0.4) is 0 Å². The minimum atomic E-state index is -0.149. The highest BCUT2D eigenvalue weighted by molar-refractivity contribution is 6.33. The highest BCUT2D eigenvalue weighted by atomic mass is 35.5. The third kappa shape index (κ3) is 5.42. The number of anilines is 3. The number of carbonyl (C=O) groups excluding carboxylic acids is 1. The van der Waals surface area contributed by atoms with Gasteiger partial charge in [-0.3, -0.25) is 9.78 Å². The number of nitrogens with one attached hydrogen (secondary N) is 3. The van der Waals surface area contributed by atoms with Crippen molar-refractivity contribution in [3.05, 3.63) is 94.9 Å². The Labute approximate surface area is 206 Å². The zero-order valence-electron chi connectivity index (χ0n) is 18.5. The number of carbonyl (C=O) groups is 1. The lowest BCUT2D eigenvalue weighted by atomic mass is 10.1. The Morgan fingerprint density at radius 3 is 2.74 bits per heavy atom. The van der Waals surface area contributed by atoms with Crippen molar-refractivity contribution in [1.82, 2.24) is 20.3 Å². The van der Waals surface area contributed by atoms with Crippen LogP contribution in [0.5, 0.6) is 11.5 Å². The maximum Gasteiger partial charge on any atom is 0.251 e. The zero-order valence-corrected chi connectivity index (χ0v) is 19.2. The number of hydrogen-bond acceptors (Lipinski definition) is 8. The molecule has 2 aromatic heterocycles. The van der Waals surface area contributed by atoms with E-state index in [1.54, 1.807) is 42.9 Å². The Balaban J connectivity index is 1.22. The molecule has 4 aromatic rings. The minimum absolute atomic E-state index is 0.141. The van der Waals surface area contributed by atoms with Gasteiger partial charge in [0.1, 0.15) is 11.5 Å². The molecule has 10 heteroatoms. The van der Waals surface area contributed by atoms with E-state index in [1.807, 2.05) is 30.3 Å². The number of fused-ring (bicyclic) bond motifs is 1. The second-order valence-corrected chi connectivity index (χ2v) is 8.05. The lowest BCUT2D eigenvalue weighted by Crippen LogP contribution is -2.23. The Bertz CT molecular complexity index is 1350. The highest BCUT2D eigenvalue weighted by Crippen LogP contribution is 2.44. The van der Waals surface area contributed by atoms with Crippen molar-refractivity contribution in [3.63, 3.8) is 0 Å². The molecule has 0 spiro atoms. The molecule has 1 aliphatic heterocycles. The summed E-state index contributed by atoms with van der Waals surface area (Å²) in [5, 5.41) is 9.77. The van der Waals surface area contributed by atoms with E-state index in [2.05, 4.69) is 30.9 Å². The SMILES string of the molecule is O=C(NCc1ccncc1)c1cccc(CNc2nccc(Nc3c(Cl)ccc4c3OCO4)n2)c1. The minimum Gasteiger partial charge on any atom is -0.454 e. The summed E-state index contributed by atoms with van der Waals surface area (Å²) in [6.45, 7) is 1.01. The molecule has 2 aromatic carbocycles. The molecule has 0 fully saturated rings. The molecule has 9 nitrogen and oxygen atoms in total. The molecule has 3 heterocycles. The quantitative estimate of drug-likeness (QED) is 0.331. The van der Waals surface area contributed by atoms with E-state index >= 15 is 0 Å². The van der Waals surface area contributed by atoms with Crippen LogP contribution in [0.1, 0.15) is 21.5 Å². The number of aromatic nitrogens is 3. The third-order valence-corrected chi connectivity index (χ3v) is 5.55. The van der Waals surface area contributed by atoms with Crippen LogP contribution in [0.2, 0.25) is 5.02 Å². The molecule has 0 saturated heterocycles. The summed E-state index contributed by atoms with van der Waals surface area (Å²) in [5.41, 5.74) is 3.05. The molecular weight excluding hydrogens is 468 g/mol. The van der Waals surface area contributed by atoms with Gasteiger partial charge < -0.3 is 25.4 Å². The van der Waals surface area contributed by atoms with E-state index < -0.39 is 0 Å².